The Labute approximate surface area is 152 Å². The van der Waals surface area contributed by atoms with Crippen molar-refractivity contribution >= 4 is 28.5 Å². The highest BCUT2D eigenvalue weighted by Crippen LogP contribution is 2.23. The third-order valence-electron chi connectivity index (χ3n) is 4.22. The van der Waals surface area contributed by atoms with Crippen molar-refractivity contribution in [2.45, 2.75) is 26.7 Å². The van der Waals surface area contributed by atoms with E-state index in [-0.39, 0.29) is 18.3 Å². The quantitative estimate of drug-likeness (QED) is 0.670. The zero-order chi connectivity index (χ0) is 18.5. The summed E-state index contributed by atoms with van der Waals surface area (Å²) in [5.41, 5.74) is 3.53. The van der Waals surface area contributed by atoms with Crippen LogP contribution in [0.5, 0.6) is 0 Å². The molecule has 0 radical (unpaired) electrons. The number of benzene rings is 2. The lowest BCUT2D eigenvalue weighted by Crippen LogP contribution is -2.22. The minimum atomic E-state index is -0.657. The molecule has 0 spiro atoms. The van der Waals surface area contributed by atoms with Crippen molar-refractivity contribution in [2.75, 3.05) is 11.9 Å². The van der Waals surface area contributed by atoms with Crippen LogP contribution in [-0.4, -0.2) is 18.5 Å². The number of carbonyl (C=O) groups is 2. The van der Waals surface area contributed by atoms with Crippen LogP contribution < -0.4 is 5.32 Å². The van der Waals surface area contributed by atoms with E-state index in [0.29, 0.717) is 5.58 Å². The van der Waals surface area contributed by atoms with Crippen LogP contribution in [-0.2, 0) is 22.4 Å². The molecule has 2 aromatic carbocycles. The third-order valence-corrected chi connectivity index (χ3v) is 4.22. The number of amides is 1. The first-order chi connectivity index (χ1) is 12.6. The molecule has 0 aliphatic carbocycles. The van der Waals surface area contributed by atoms with Gasteiger partial charge in [0.25, 0.3) is 5.91 Å². The first-order valence-corrected chi connectivity index (χ1v) is 8.68. The maximum Gasteiger partial charge on any atom is 0.374 e. The summed E-state index contributed by atoms with van der Waals surface area (Å²) in [7, 11) is 0. The van der Waals surface area contributed by atoms with E-state index in [4.69, 9.17) is 9.15 Å². The van der Waals surface area contributed by atoms with Gasteiger partial charge in [-0.05, 0) is 36.1 Å². The second-order valence-corrected chi connectivity index (χ2v) is 5.93. The van der Waals surface area contributed by atoms with Gasteiger partial charge in [-0.15, -0.1) is 0 Å². The SMILES string of the molecule is CCc1cccc(CC)c1NC(=O)COC(=O)c1cc2ccccc2o1. The molecule has 3 aromatic rings. The topological polar surface area (TPSA) is 68.5 Å². The monoisotopic (exact) mass is 351 g/mol. The highest BCUT2D eigenvalue weighted by Gasteiger charge is 2.16. The number of ether oxygens (including phenoxy) is 1. The predicted molar refractivity (Wildman–Crippen MR) is 100 cm³/mol. The van der Waals surface area contributed by atoms with Crippen LogP contribution in [0.3, 0.4) is 0 Å². The van der Waals surface area contributed by atoms with Crippen LogP contribution in [0, 0.1) is 0 Å². The molecule has 26 heavy (non-hydrogen) atoms. The van der Waals surface area contributed by atoms with E-state index in [1.807, 2.05) is 50.2 Å². The van der Waals surface area contributed by atoms with E-state index < -0.39 is 5.97 Å². The summed E-state index contributed by atoms with van der Waals surface area (Å²) in [5.74, 6) is -0.942. The highest BCUT2D eigenvalue weighted by molar-refractivity contribution is 5.97. The summed E-state index contributed by atoms with van der Waals surface area (Å²) in [4.78, 5) is 24.4. The zero-order valence-corrected chi connectivity index (χ0v) is 14.9. The van der Waals surface area contributed by atoms with Crippen LogP contribution in [0.1, 0.15) is 35.5 Å². The smallest absolute Gasteiger partial charge is 0.374 e. The Hall–Kier alpha value is -3.08. The van der Waals surface area contributed by atoms with E-state index in [0.717, 1.165) is 35.0 Å². The van der Waals surface area contributed by atoms with Crippen molar-refractivity contribution in [3.8, 4) is 0 Å². The number of hydrogen-bond donors (Lipinski definition) is 1. The number of para-hydroxylation sites is 2. The number of fused-ring (bicyclic) bond motifs is 1. The molecule has 0 saturated heterocycles. The van der Waals surface area contributed by atoms with Crippen LogP contribution >= 0.6 is 0 Å². The Balaban J connectivity index is 1.65. The van der Waals surface area contributed by atoms with Gasteiger partial charge in [0.2, 0.25) is 5.76 Å². The molecule has 3 rings (SSSR count). The van der Waals surface area contributed by atoms with Crippen molar-refractivity contribution < 1.29 is 18.7 Å². The van der Waals surface area contributed by atoms with Crippen molar-refractivity contribution in [3.05, 3.63) is 65.4 Å². The molecule has 0 fully saturated rings. The lowest BCUT2D eigenvalue weighted by atomic mass is 10.0. The van der Waals surface area contributed by atoms with Gasteiger partial charge >= 0.3 is 5.97 Å². The number of carbonyl (C=O) groups excluding carboxylic acids is 2. The van der Waals surface area contributed by atoms with Gasteiger partial charge in [-0.2, -0.15) is 0 Å². The van der Waals surface area contributed by atoms with E-state index in [1.165, 1.54) is 0 Å². The van der Waals surface area contributed by atoms with Crippen molar-refractivity contribution in [2.24, 2.45) is 0 Å². The Morgan fingerprint density at radius 2 is 1.69 bits per heavy atom. The number of hydrogen-bond acceptors (Lipinski definition) is 4. The summed E-state index contributed by atoms with van der Waals surface area (Å²) in [6.07, 6.45) is 1.62. The maximum atomic E-state index is 12.2. The normalized spacial score (nSPS) is 10.7. The molecule has 1 N–H and O–H groups in total. The molecule has 0 aliphatic heterocycles. The molecule has 5 heteroatoms. The van der Waals surface area contributed by atoms with Gasteiger partial charge in [0.15, 0.2) is 6.61 Å². The summed E-state index contributed by atoms with van der Waals surface area (Å²) < 4.78 is 10.5. The molecule has 1 amide bonds. The fourth-order valence-corrected chi connectivity index (χ4v) is 2.86. The second-order valence-electron chi connectivity index (χ2n) is 5.93. The molecule has 0 unspecified atom stereocenters. The molecule has 5 nitrogen and oxygen atoms in total. The molecule has 0 aliphatic rings. The van der Waals surface area contributed by atoms with Gasteiger partial charge in [0, 0.05) is 11.1 Å². The van der Waals surface area contributed by atoms with Gasteiger partial charge in [0.05, 0.1) is 0 Å². The standard InChI is InChI=1S/C21H21NO4/c1-3-14-9-7-10-15(4-2)20(14)22-19(23)13-25-21(24)18-12-16-8-5-6-11-17(16)26-18/h5-12H,3-4,13H2,1-2H3,(H,22,23). The number of esters is 1. The van der Waals surface area contributed by atoms with Crippen LogP contribution in [0.4, 0.5) is 5.69 Å². The summed E-state index contributed by atoms with van der Waals surface area (Å²) in [6, 6.07) is 14.8. The summed E-state index contributed by atoms with van der Waals surface area (Å²) in [5, 5.41) is 3.68. The van der Waals surface area contributed by atoms with E-state index in [9.17, 15) is 9.59 Å². The molecule has 1 heterocycles. The van der Waals surface area contributed by atoms with Gasteiger partial charge in [-0.25, -0.2) is 4.79 Å². The van der Waals surface area contributed by atoms with Crippen LogP contribution in [0.15, 0.2) is 52.9 Å². The number of rotatable bonds is 6. The number of aryl methyl sites for hydroxylation is 2. The molecular formula is C21H21NO4. The van der Waals surface area contributed by atoms with E-state index in [2.05, 4.69) is 5.32 Å². The van der Waals surface area contributed by atoms with Gasteiger partial charge in [-0.3, -0.25) is 4.79 Å². The minimum absolute atomic E-state index is 0.0854. The molecule has 1 aromatic heterocycles. The predicted octanol–water partition coefficient (Wildman–Crippen LogP) is 4.35. The van der Waals surface area contributed by atoms with Gasteiger partial charge in [-0.1, -0.05) is 50.2 Å². The van der Waals surface area contributed by atoms with Crippen LogP contribution in [0.2, 0.25) is 0 Å². The minimum Gasteiger partial charge on any atom is -0.450 e. The van der Waals surface area contributed by atoms with Crippen molar-refractivity contribution in [1.29, 1.82) is 0 Å². The Morgan fingerprint density at radius 3 is 2.35 bits per heavy atom. The second kappa shape index (κ2) is 7.87. The molecule has 0 atom stereocenters. The molecular weight excluding hydrogens is 330 g/mol. The van der Waals surface area contributed by atoms with Crippen molar-refractivity contribution in [1.82, 2.24) is 0 Å². The largest absolute Gasteiger partial charge is 0.450 e. The zero-order valence-electron chi connectivity index (χ0n) is 14.9. The highest BCUT2D eigenvalue weighted by atomic mass is 16.5. The molecule has 0 bridgehead atoms. The Bertz CT molecular complexity index is 887. The molecule has 134 valence electrons. The van der Waals surface area contributed by atoms with Gasteiger partial charge in [0.1, 0.15) is 5.58 Å². The summed E-state index contributed by atoms with van der Waals surface area (Å²) in [6.45, 7) is 3.70. The Morgan fingerprint density at radius 1 is 1.00 bits per heavy atom. The third kappa shape index (κ3) is 3.77. The molecule has 0 saturated carbocycles. The number of anilines is 1. The maximum absolute atomic E-state index is 12.2. The lowest BCUT2D eigenvalue weighted by molar-refractivity contribution is -0.119. The van der Waals surface area contributed by atoms with Crippen LogP contribution in [0.25, 0.3) is 11.0 Å². The fraction of sp³-hybridized carbons (Fsp3) is 0.238. The Kier molecular flexibility index (Phi) is 5.37. The van der Waals surface area contributed by atoms with Gasteiger partial charge < -0.3 is 14.5 Å². The number of furan rings is 1. The first kappa shape index (κ1) is 17.7. The average Bonchev–Trinajstić information content (AvgIpc) is 3.10. The van der Waals surface area contributed by atoms with E-state index in [1.54, 1.807) is 12.1 Å². The van der Waals surface area contributed by atoms with E-state index >= 15 is 0 Å². The fourth-order valence-electron chi connectivity index (χ4n) is 2.86. The lowest BCUT2D eigenvalue weighted by Gasteiger charge is -2.14. The summed E-state index contributed by atoms with van der Waals surface area (Å²) >= 11 is 0. The first-order valence-electron chi connectivity index (χ1n) is 8.68. The average molecular weight is 351 g/mol. The number of nitrogens with one attached hydrogen (secondary N) is 1. The van der Waals surface area contributed by atoms with Crippen molar-refractivity contribution in [3.63, 3.8) is 0 Å².